The second-order valence-corrected chi connectivity index (χ2v) is 9.67. The normalized spacial score (nSPS) is 18.7. The lowest BCUT2D eigenvalue weighted by atomic mass is 9.95. The van der Waals surface area contributed by atoms with Gasteiger partial charge < -0.3 is 15.4 Å². The van der Waals surface area contributed by atoms with Crippen LogP contribution in [0.2, 0.25) is 0 Å². The molecule has 0 bridgehead atoms. The Morgan fingerprint density at radius 2 is 1.91 bits per heavy atom. The summed E-state index contributed by atoms with van der Waals surface area (Å²) in [6.07, 6.45) is 2.86. The van der Waals surface area contributed by atoms with E-state index in [1.54, 1.807) is 0 Å². The lowest BCUT2D eigenvalue weighted by Crippen LogP contribution is -2.48. The van der Waals surface area contributed by atoms with Gasteiger partial charge in [-0.3, -0.25) is 14.5 Å². The molecule has 0 aromatic heterocycles. The van der Waals surface area contributed by atoms with Gasteiger partial charge in [0, 0.05) is 24.2 Å². The van der Waals surface area contributed by atoms with E-state index in [9.17, 15) is 9.59 Å². The number of carbonyl (C=O) groups is 2. The summed E-state index contributed by atoms with van der Waals surface area (Å²) in [6, 6.07) is 18.2. The average molecular weight is 458 g/mol. The van der Waals surface area contributed by atoms with Gasteiger partial charge in [-0.15, -0.1) is 0 Å². The molecule has 6 heteroatoms. The Labute approximate surface area is 200 Å². The first-order valence-electron chi connectivity index (χ1n) is 11.9. The number of amides is 2. The van der Waals surface area contributed by atoms with Gasteiger partial charge in [-0.25, -0.2) is 0 Å². The standard InChI is InChI=1S/C28H31N3O3/c1-18-8-9-23(34-17-22-10-13-31(22)3)16-25(18)27(33)30-28(11-12-28)26-15-21(29-19(2)32)14-20-6-4-5-7-24(20)26/h4-9,14-16,22H,10-13,17H2,1-3H3,(H,29,32)(H,30,33). The number of nitrogens with one attached hydrogen (secondary N) is 2. The molecule has 1 unspecified atom stereocenters. The minimum absolute atomic E-state index is 0.102. The van der Waals surface area contributed by atoms with Crippen LogP contribution < -0.4 is 15.4 Å². The predicted octanol–water partition coefficient (Wildman–Crippen LogP) is 4.61. The van der Waals surface area contributed by atoms with Gasteiger partial charge in [0.05, 0.1) is 5.54 Å². The number of likely N-dealkylation sites (tertiary alicyclic amines) is 1. The molecular formula is C28H31N3O3. The number of likely N-dealkylation sites (N-methyl/N-ethyl adjacent to an activating group) is 1. The van der Waals surface area contributed by atoms with E-state index in [4.69, 9.17) is 4.74 Å². The number of hydrogen-bond donors (Lipinski definition) is 2. The molecule has 2 N–H and O–H groups in total. The molecule has 176 valence electrons. The van der Waals surface area contributed by atoms with Gasteiger partial charge in [-0.05, 0) is 85.9 Å². The lowest BCUT2D eigenvalue weighted by Gasteiger charge is -2.37. The highest BCUT2D eigenvalue weighted by atomic mass is 16.5. The molecule has 1 aliphatic carbocycles. The second kappa shape index (κ2) is 8.76. The summed E-state index contributed by atoms with van der Waals surface area (Å²) >= 11 is 0. The smallest absolute Gasteiger partial charge is 0.252 e. The van der Waals surface area contributed by atoms with E-state index in [2.05, 4.69) is 28.6 Å². The molecule has 1 aliphatic heterocycles. The fourth-order valence-electron chi connectivity index (χ4n) is 4.76. The Bertz CT molecular complexity index is 1260. The van der Waals surface area contributed by atoms with Gasteiger partial charge in [0.25, 0.3) is 5.91 Å². The van der Waals surface area contributed by atoms with Gasteiger partial charge in [-0.2, -0.15) is 0 Å². The van der Waals surface area contributed by atoms with Crippen LogP contribution in [0.15, 0.2) is 54.6 Å². The number of benzene rings is 3. The third-order valence-electron chi connectivity index (χ3n) is 7.13. The summed E-state index contributed by atoms with van der Waals surface area (Å²) in [4.78, 5) is 27.4. The summed E-state index contributed by atoms with van der Waals surface area (Å²) < 4.78 is 6.01. The largest absolute Gasteiger partial charge is 0.492 e. The highest BCUT2D eigenvalue weighted by Gasteiger charge is 2.47. The molecule has 2 fully saturated rings. The van der Waals surface area contributed by atoms with Crippen LogP contribution in [0.1, 0.15) is 47.7 Å². The van der Waals surface area contributed by atoms with Crippen molar-refractivity contribution in [1.29, 1.82) is 0 Å². The van der Waals surface area contributed by atoms with Gasteiger partial charge >= 0.3 is 0 Å². The first kappa shape index (κ1) is 22.4. The Morgan fingerprint density at radius 3 is 2.59 bits per heavy atom. The second-order valence-electron chi connectivity index (χ2n) is 9.67. The first-order valence-corrected chi connectivity index (χ1v) is 11.9. The predicted molar refractivity (Wildman–Crippen MR) is 134 cm³/mol. The Kier molecular flexibility index (Phi) is 5.78. The zero-order valence-corrected chi connectivity index (χ0v) is 20.0. The van der Waals surface area contributed by atoms with Crippen LogP contribution in [0.3, 0.4) is 0 Å². The van der Waals surface area contributed by atoms with Gasteiger partial charge in [0.15, 0.2) is 0 Å². The maximum absolute atomic E-state index is 13.5. The van der Waals surface area contributed by atoms with Gasteiger partial charge in [0.1, 0.15) is 12.4 Å². The molecule has 3 aromatic carbocycles. The zero-order chi connectivity index (χ0) is 23.9. The molecule has 1 heterocycles. The molecule has 1 atom stereocenters. The lowest BCUT2D eigenvalue weighted by molar-refractivity contribution is -0.114. The molecule has 1 saturated heterocycles. The van der Waals surface area contributed by atoms with Crippen molar-refractivity contribution in [2.75, 3.05) is 25.5 Å². The van der Waals surface area contributed by atoms with E-state index in [-0.39, 0.29) is 11.8 Å². The summed E-state index contributed by atoms with van der Waals surface area (Å²) in [5, 5.41) is 8.35. The zero-order valence-electron chi connectivity index (χ0n) is 20.0. The Morgan fingerprint density at radius 1 is 1.12 bits per heavy atom. The number of anilines is 1. The third kappa shape index (κ3) is 4.38. The number of aryl methyl sites for hydroxylation is 1. The quantitative estimate of drug-likeness (QED) is 0.544. The average Bonchev–Trinajstić information content (AvgIpc) is 3.58. The van der Waals surface area contributed by atoms with Crippen molar-refractivity contribution in [3.8, 4) is 5.75 Å². The monoisotopic (exact) mass is 457 g/mol. The van der Waals surface area contributed by atoms with E-state index >= 15 is 0 Å². The molecule has 0 spiro atoms. The van der Waals surface area contributed by atoms with Crippen molar-refractivity contribution in [2.45, 2.75) is 44.7 Å². The first-order chi connectivity index (χ1) is 16.3. The minimum atomic E-state index is -0.441. The molecule has 6 nitrogen and oxygen atoms in total. The highest BCUT2D eigenvalue weighted by Crippen LogP contribution is 2.49. The van der Waals surface area contributed by atoms with Crippen LogP contribution in [-0.2, 0) is 10.3 Å². The number of fused-ring (bicyclic) bond motifs is 1. The fraction of sp³-hybridized carbons (Fsp3) is 0.357. The topological polar surface area (TPSA) is 70.7 Å². The van der Waals surface area contributed by atoms with Crippen LogP contribution >= 0.6 is 0 Å². The summed E-state index contributed by atoms with van der Waals surface area (Å²) in [5.74, 6) is 0.505. The van der Waals surface area contributed by atoms with Gasteiger partial charge in [-0.1, -0.05) is 30.3 Å². The SMILES string of the molecule is CC(=O)Nc1cc(C2(NC(=O)c3cc(OCC4CCN4C)ccc3C)CC2)c2ccccc2c1. The number of rotatable bonds is 7. The maximum atomic E-state index is 13.5. The summed E-state index contributed by atoms with van der Waals surface area (Å²) in [6.45, 7) is 5.19. The van der Waals surface area contributed by atoms with Crippen LogP contribution in [0, 0.1) is 6.92 Å². The minimum Gasteiger partial charge on any atom is -0.492 e. The molecule has 34 heavy (non-hydrogen) atoms. The molecular weight excluding hydrogens is 426 g/mol. The summed E-state index contributed by atoms with van der Waals surface area (Å²) in [7, 11) is 2.10. The maximum Gasteiger partial charge on any atom is 0.252 e. The highest BCUT2D eigenvalue weighted by molar-refractivity contribution is 5.99. The number of ether oxygens (including phenoxy) is 1. The van der Waals surface area contributed by atoms with Crippen molar-refractivity contribution < 1.29 is 14.3 Å². The van der Waals surface area contributed by atoms with E-state index in [1.165, 1.54) is 6.92 Å². The molecule has 2 aliphatic rings. The summed E-state index contributed by atoms with van der Waals surface area (Å²) in [5.41, 5.74) is 2.89. The van der Waals surface area contributed by atoms with Crippen LogP contribution in [0.5, 0.6) is 5.75 Å². The van der Waals surface area contributed by atoms with E-state index in [0.29, 0.717) is 18.2 Å². The van der Waals surface area contributed by atoms with E-state index < -0.39 is 5.54 Å². The van der Waals surface area contributed by atoms with E-state index in [0.717, 1.165) is 59.1 Å². The molecule has 5 rings (SSSR count). The van der Waals surface area contributed by atoms with Crippen molar-refractivity contribution in [2.24, 2.45) is 0 Å². The van der Waals surface area contributed by atoms with Crippen LogP contribution in [-0.4, -0.2) is 43.0 Å². The number of carbonyl (C=O) groups excluding carboxylic acids is 2. The van der Waals surface area contributed by atoms with Crippen molar-refractivity contribution in [3.05, 3.63) is 71.3 Å². The fourth-order valence-corrected chi connectivity index (χ4v) is 4.76. The molecule has 0 radical (unpaired) electrons. The van der Waals surface area contributed by atoms with Crippen molar-refractivity contribution in [1.82, 2.24) is 10.2 Å². The van der Waals surface area contributed by atoms with Gasteiger partial charge in [0.2, 0.25) is 5.91 Å². The Hall–Kier alpha value is -3.38. The van der Waals surface area contributed by atoms with Crippen LogP contribution in [0.4, 0.5) is 5.69 Å². The Balaban J connectivity index is 1.40. The third-order valence-corrected chi connectivity index (χ3v) is 7.13. The molecule has 3 aromatic rings. The molecule has 1 saturated carbocycles. The number of hydrogen-bond acceptors (Lipinski definition) is 4. The van der Waals surface area contributed by atoms with E-state index in [1.807, 2.05) is 55.5 Å². The van der Waals surface area contributed by atoms with Crippen molar-refractivity contribution >= 4 is 28.3 Å². The molecule has 2 amide bonds. The van der Waals surface area contributed by atoms with Crippen LogP contribution in [0.25, 0.3) is 10.8 Å². The van der Waals surface area contributed by atoms with Crippen molar-refractivity contribution in [3.63, 3.8) is 0 Å². The number of nitrogens with zero attached hydrogens (tertiary/aromatic N) is 1.